The minimum Gasteiger partial charge on any atom is -0.355 e. The topological polar surface area (TPSA) is 109 Å². The van der Waals surface area contributed by atoms with Crippen LogP contribution >= 0.6 is 0 Å². The molecule has 2 aliphatic carbocycles. The van der Waals surface area contributed by atoms with Crippen LogP contribution in [-0.4, -0.2) is 24.3 Å². The maximum Gasteiger partial charge on any atom is 0.257 e. The number of hydrogen-bond acceptors (Lipinski definition) is 5. The highest BCUT2D eigenvalue weighted by atomic mass is 16.2. The monoisotopic (exact) mass is 459 g/mol. The molecular weight excluding hydrogens is 426 g/mol. The molecular formula is C27H33N5O2. The van der Waals surface area contributed by atoms with Gasteiger partial charge in [-0.25, -0.2) is 0 Å². The average Bonchev–Trinajstić information content (AvgIpc) is 3.72. The Kier molecular flexibility index (Phi) is 6.13. The van der Waals surface area contributed by atoms with Crippen LogP contribution in [0.2, 0.25) is 0 Å². The highest BCUT2D eigenvalue weighted by molar-refractivity contribution is 6.10. The van der Waals surface area contributed by atoms with Gasteiger partial charge < -0.3 is 11.1 Å². The summed E-state index contributed by atoms with van der Waals surface area (Å²) in [6.45, 7) is 4.72. The average molecular weight is 460 g/mol. The number of rotatable bonds is 7. The lowest BCUT2D eigenvalue weighted by molar-refractivity contribution is -0.119. The van der Waals surface area contributed by atoms with Gasteiger partial charge in [-0.05, 0) is 84.4 Å². The zero-order valence-corrected chi connectivity index (χ0v) is 19.9. The first-order valence-electron chi connectivity index (χ1n) is 12.4. The standard InChI is InChI=1S/C27H33N5O2/c1-15(2)25(28)19-4-3-5-22(24(19)17-8-9-17)30-21-11-10-18(14-20(21)16-6-7-16)26(34)32-27-29-13-12-23(33)31-27/h3-5,10-11,14-17,25,30H,6-9,12-13,28H2,1-2H3,(H2,29,31,32,33,34). The summed E-state index contributed by atoms with van der Waals surface area (Å²) >= 11 is 0. The fourth-order valence-electron chi connectivity index (χ4n) is 4.62. The van der Waals surface area contributed by atoms with Gasteiger partial charge in [-0.3, -0.25) is 25.2 Å². The van der Waals surface area contributed by atoms with E-state index in [1.54, 1.807) is 0 Å². The van der Waals surface area contributed by atoms with Crippen LogP contribution in [0.5, 0.6) is 0 Å². The molecule has 7 heteroatoms. The summed E-state index contributed by atoms with van der Waals surface area (Å²) in [6.07, 6.45) is 4.99. The first-order valence-corrected chi connectivity index (χ1v) is 12.4. The van der Waals surface area contributed by atoms with E-state index >= 15 is 0 Å². The van der Waals surface area contributed by atoms with E-state index in [1.165, 1.54) is 24.0 Å². The van der Waals surface area contributed by atoms with Crippen LogP contribution in [0.25, 0.3) is 0 Å². The summed E-state index contributed by atoms with van der Waals surface area (Å²) in [4.78, 5) is 28.6. The van der Waals surface area contributed by atoms with Crippen molar-refractivity contribution in [2.24, 2.45) is 16.6 Å². The SMILES string of the molecule is CC(C)C(N)c1cccc(Nc2ccc(C(=O)NC3=NCCC(=O)N3)cc2C2CC2)c1C1CC1. The zero-order valence-electron chi connectivity index (χ0n) is 19.9. The summed E-state index contributed by atoms with van der Waals surface area (Å²) in [5, 5.41) is 9.04. The summed E-state index contributed by atoms with van der Waals surface area (Å²) < 4.78 is 0. The zero-order chi connectivity index (χ0) is 23.8. The number of amides is 2. The molecule has 0 spiro atoms. The Morgan fingerprint density at radius 3 is 2.53 bits per heavy atom. The van der Waals surface area contributed by atoms with E-state index < -0.39 is 0 Å². The number of aliphatic imine (C=N–C) groups is 1. The van der Waals surface area contributed by atoms with Crippen molar-refractivity contribution < 1.29 is 9.59 Å². The van der Waals surface area contributed by atoms with Crippen LogP contribution in [0.15, 0.2) is 41.4 Å². The molecule has 7 nitrogen and oxygen atoms in total. The molecule has 0 aromatic heterocycles. The molecule has 2 amide bonds. The largest absolute Gasteiger partial charge is 0.355 e. The van der Waals surface area contributed by atoms with Crippen molar-refractivity contribution in [2.45, 2.75) is 63.8 Å². The van der Waals surface area contributed by atoms with Crippen molar-refractivity contribution >= 4 is 29.1 Å². The molecule has 2 aromatic rings. The van der Waals surface area contributed by atoms with Gasteiger partial charge in [0.15, 0.2) is 0 Å². The first-order chi connectivity index (χ1) is 16.4. The van der Waals surface area contributed by atoms with Gasteiger partial charge in [-0.1, -0.05) is 26.0 Å². The van der Waals surface area contributed by atoms with Crippen molar-refractivity contribution in [3.8, 4) is 0 Å². The number of benzene rings is 2. The summed E-state index contributed by atoms with van der Waals surface area (Å²) in [6, 6.07) is 12.2. The lowest BCUT2D eigenvalue weighted by Gasteiger charge is -2.23. The molecule has 3 aliphatic rings. The summed E-state index contributed by atoms with van der Waals surface area (Å²) in [5.41, 5.74) is 13.0. The second-order valence-corrected chi connectivity index (χ2v) is 10.0. The van der Waals surface area contributed by atoms with Crippen LogP contribution in [0.1, 0.15) is 90.9 Å². The van der Waals surface area contributed by atoms with Crippen molar-refractivity contribution in [2.75, 3.05) is 11.9 Å². The third-order valence-electron chi connectivity index (χ3n) is 6.90. The minimum atomic E-state index is -0.266. The molecule has 0 bridgehead atoms. The van der Waals surface area contributed by atoms with E-state index in [-0.39, 0.29) is 23.8 Å². The molecule has 5 rings (SSSR count). The number of nitrogens with one attached hydrogen (secondary N) is 3. The van der Waals surface area contributed by atoms with Crippen molar-refractivity contribution in [3.05, 3.63) is 58.7 Å². The predicted octanol–water partition coefficient (Wildman–Crippen LogP) is 4.45. The highest BCUT2D eigenvalue weighted by Crippen LogP contribution is 2.49. The van der Waals surface area contributed by atoms with E-state index in [4.69, 9.17) is 5.73 Å². The number of nitrogens with zero attached hydrogens (tertiary/aromatic N) is 1. The molecule has 1 unspecified atom stereocenters. The van der Waals surface area contributed by atoms with Gasteiger partial charge in [0, 0.05) is 29.4 Å². The van der Waals surface area contributed by atoms with Gasteiger partial charge in [0.25, 0.3) is 5.91 Å². The minimum absolute atomic E-state index is 0.00881. The molecule has 34 heavy (non-hydrogen) atoms. The summed E-state index contributed by atoms with van der Waals surface area (Å²) in [7, 11) is 0. The quantitative estimate of drug-likeness (QED) is 0.491. The van der Waals surface area contributed by atoms with E-state index in [2.05, 4.69) is 53.0 Å². The van der Waals surface area contributed by atoms with E-state index in [0.29, 0.717) is 36.3 Å². The van der Waals surface area contributed by atoms with Gasteiger partial charge in [0.1, 0.15) is 0 Å². The van der Waals surface area contributed by atoms with Gasteiger partial charge in [0.2, 0.25) is 11.9 Å². The molecule has 1 aliphatic heterocycles. The second kappa shape index (κ2) is 9.22. The fourth-order valence-corrected chi connectivity index (χ4v) is 4.62. The van der Waals surface area contributed by atoms with Gasteiger partial charge in [0.05, 0.1) is 6.54 Å². The molecule has 2 saturated carbocycles. The van der Waals surface area contributed by atoms with Gasteiger partial charge in [-0.15, -0.1) is 0 Å². The first kappa shape index (κ1) is 22.6. The Labute approximate surface area is 200 Å². The lowest BCUT2D eigenvalue weighted by Crippen LogP contribution is -2.46. The normalized spacial score (nSPS) is 18.8. The smallest absolute Gasteiger partial charge is 0.257 e. The van der Waals surface area contributed by atoms with Crippen molar-refractivity contribution in [1.82, 2.24) is 10.6 Å². The molecule has 2 aromatic carbocycles. The molecule has 178 valence electrons. The maximum absolute atomic E-state index is 12.8. The van der Waals surface area contributed by atoms with Gasteiger partial charge >= 0.3 is 0 Å². The molecule has 5 N–H and O–H groups in total. The van der Waals surface area contributed by atoms with Crippen molar-refractivity contribution in [1.29, 1.82) is 0 Å². The Balaban J connectivity index is 1.42. The van der Waals surface area contributed by atoms with Crippen LogP contribution in [0.3, 0.4) is 0 Å². The van der Waals surface area contributed by atoms with E-state index in [0.717, 1.165) is 29.8 Å². The van der Waals surface area contributed by atoms with Crippen LogP contribution in [0.4, 0.5) is 11.4 Å². The number of nitrogens with two attached hydrogens (primary N) is 1. The number of hydrogen-bond donors (Lipinski definition) is 4. The third kappa shape index (κ3) is 4.85. The maximum atomic E-state index is 12.8. The number of guanidine groups is 1. The predicted molar refractivity (Wildman–Crippen MR) is 134 cm³/mol. The number of anilines is 2. The van der Waals surface area contributed by atoms with Crippen LogP contribution in [-0.2, 0) is 4.79 Å². The number of carbonyl (C=O) groups excluding carboxylic acids is 2. The van der Waals surface area contributed by atoms with Gasteiger partial charge in [-0.2, -0.15) is 0 Å². The Hall–Kier alpha value is -3.19. The Morgan fingerprint density at radius 1 is 1.09 bits per heavy atom. The molecule has 2 fully saturated rings. The Morgan fingerprint density at radius 2 is 1.85 bits per heavy atom. The van der Waals surface area contributed by atoms with Crippen LogP contribution < -0.4 is 21.7 Å². The second-order valence-electron chi connectivity index (χ2n) is 10.0. The van der Waals surface area contributed by atoms with Crippen LogP contribution in [0, 0.1) is 5.92 Å². The lowest BCUT2D eigenvalue weighted by atomic mass is 9.89. The number of carbonyl (C=O) groups is 2. The fraction of sp³-hybridized carbons (Fsp3) is 0.444. The highest BCUT2D eigenvalue weighted by Gasteiger charge is 2.32. The molecule has 1 atom stereocenters. The third-order valence-corrected chi connectivity index (χ3v) is 6.90. The summed E-state index contributed by atoms with van der Waals surface area (Å²) in [5.74, 6) is 1.21. The van der Waals surface area contributed by atoms with E-state index in [1.807, 2.05) is 18.2 Å². The molecule has 0 radical (unpaired) electrons. The van der Waals surface area contributed by atoms with E-state index in [9.17, 15) is 9.59 Å². The van der Waals surface area contributed by atoms with Crippen molar-refractivity contribution in [3.63, 3.8) is 0 Å². The Bertz CT molecular complexity index is 1150. The molecule has 0 saturated heterocycles. The molecule has 1 heterocycles.